The highest BCUT2D eigenvalue weighted by Gasteiger charge is 2.31. The summed E-state index contributed by atoms with van der Waals surface area (Å²) in [4.78, 5) is 26.8. The molecule has 1 fully saturated rings. The molecule has 0 unspecified atom stereocenters. The van der Waals surface area contributed by atoms with Gasteiger partial charge in [-0.15, -0.1) is 0 Å². The van der Waals surface area contributed by atoms with Gasteiger partial charge in [0.25, 0.3) is 0 Å². The second-order valence-corrected chi connectivity index (χ2v) is 5.51. The maximum Gasteiger partial charge on any atom is 0.410 e. The summed E-state index contributed by atoms with van der Waals surface area (Å²) < 4.78 is 5.33. The molecule has 0 aromatic carbocycles. The van der Waals surface area contributed by atoms with Gasteiger partial charge in [0.2, 0.25) is 5.91 Å². The standard InChI is InChI=1S/C13H22N2O3/c1-6-11(16)14-7-8-15(10(2)9-14)12(17)18-13(3,4)5/h6,10H,1,7-9H2,2-5H3/t10-/m1/s1. The Hall–Kier alpha value is -1.52. The average Bonchev–Trinajstić information content (AvgIpc) is 2.25. The SMILES string of the molecule is C=CC(=O)N1CCN(C(=O)OC(C)(C)C)[C@H](C)C1. The number of nitrogens with zero attached hydrogens (tertiary/aromatic N) is 2. The van der Waals surface area contributed by atoms with Crippen LogP contribution in [0.4, 0.5) is 4.79 Å². The van der Waals surface area contributed by atoms with Gasteiger partial charge in [-0.3, -0.25) is 4.79 Å². The van der Waals surface area contributed by atoms with E-state index in [2.05, 4.69) is 6.58 Å². The van der Waals surface area contributed by atoms with Crippen molar-refractivity contribution >= 4 is 12.0 Å². The molecule has 1 rings (SSSR count). The fraction of sp³-hybridized carbons (Fsp3) is 0.692. The average molecular weight is 254 g/mol. The van der Waals surface area contributed by atoms with E-state index in [1.54, 1.807) is 9.80 Å². The molecular weight excluding hydrogens is 232 g/mol. The van der Waals surface area contributed by atoms with E-state index >= 15 is 0 Å². The number of carbonyl (C=O) groups excluding carboxylic acids is 2. The highest BCUT2D eigenvalue weighted by Crippen LogP contribution is 2.15. The van der Waals surface area contributed by atoms with E-state index in [4.69, 9.17) is 4.74 Å². The van der Waals surface area contributed by atoms with Crippen LogP contribution in [0.1, 0.15) is 27.7 Å². The Morgan fingerprint density at radius 3 is 2.39 bits per heavy atom. The number of amides is 2. The summed E-state index contributed by atoms with van der Waals surface area (Å²) in [5.41, 5.74) is -0.495. The molecule has 0 bridgehead atoms. The highest BCUT2D eigenvalue weighted by atomic mass is 16.6. The Morgan fingerprint density at radius 2 is 1.94 bits per heavy atom. The summed E-state index contributed by atoms with van der Waals surface area (Å²) in [6.07, 6.45) is 0.983. The molecule has 0 aromatic heterocycles. The van der Waals surface area contributed by atoms with Crippen LogP contribution in [0, 0.1) is 0 Å². The predicted molar refractivity (Wildman–Crippen MR) is 69.2 cm³/mol. The third kappa shape index (κ3) is 3.75. The van der Waals surface area contributed by atoms with E-state index in [9.17, 15) is 9.59 Å². The van der Waals surface area contributed by atoms with E-state index < -0.39 is 5.60 Å². The molecule has 0 saturated carbocycles. The molecule has 102 valence electrons. The molecule has 1 aliphatic rings. The van der Waals surface area contributed by atoms with Gasteiger partial charge in [0.05, 0.1) is 0 Å². The topological polar surface area (TPSA) is 49.9 Å². The minimum atomic E-state index is -0.495. The molecule has 2 amide bonds. The van der Waals surface area contributed by atoms with Crippen molar-refractivity contribution in [3.05, 3.63) is 12.7 Å². The summed E-state index contributed by atoms with van der Waals surface area (Å²) in [7, 11) is 0. The van der Waals surface area contributed by atoms with Crippen molar-refractivity contribution in [2.45, 2.75) is 39.3 Å². The van der Waals surface area contributed by atoms with Crippen LogP contribution in [0.3, 0.4) is 0 Å². The van der Waals surface area contributed by atoms with Crippen LogP contribution in [-0.4, -0.2) is 53.1 Å². The lowest BCUT2D eigenvalue weighted by atomic mass is 10.2. The van der Waals surface area contributed by atoms with Crippen molar-refractivity contribution in [3.63, 3.8) is 0 Å². The first-order valence-electron chi connectivity index (χ1n) is 6.15. The van der Waals surface area contributed by atoms with Crippen molar-refractivity contribution in [3.8, 4) is 0 Å². The second kappa shape index (κ2) is 5.42. The summed E-state index contributed by atoms with van der Waals surface area (Å²) in [5.74, 6) is -0.0920. The zero-order chi connectivity index (χ0) is 13.9. The predicted octanol–water partition coefficient (Wildman–Crippen LogP) is 1.64. The molecule has 1 aliphatic heterocycles. The zero-order valence-corrected chi connectivity index (χ0v) is 11.6. The van der Waals surface area contributed by atoms with E-state index in [-0.39, 0.29) is 18.0 Å². The molecule has 0 aromatic rings. The molecule has 0 N–H and O–H groups in total. The molecule has 5 nitrogen and oxygen atoms in total. The van der Waals surface area contributed by atoms with Gasteiger partial charge >= 0.3 is 6.09 Å². The van der Waals surface area contributed by atoms with Gasteiger partial charge in [-0.1, -0.05) is 6.58 Å². The summed E-state index contributed by atoms with van der Waals surface area (Å²) in [6.45, 7) is 12.4. The van der Waals surface area contributed by atoms with Gasteiger partial charge in [0.15, 0.2) is 0 Å². The molecule has 0 radical (unpaired) electrons. The van der Waals surface area contributed by atoms with E-state index in [1.165, 1.54) is 6.08 Å². The summed E-state index contributed by atoms with van der Waals surface area (Å²) in [6, 6.07) is -0.0440. The Labute approximate surface area is 108 Å². The Morgan fingerprint density at radius 1 is 1.33 bits per heavy atom. The van der Waals surface area contributed by atoms with Crippen molar-refractivity contribution in [1.29, 1.82) is 0 Å². The summed E-state index contributed by atoms with van der Waals surface area (Å²) >= 11 is 0. The number of rotatable bonds is 1. The molecule has 1 atom stereocenters. The van der Waals surface area contributed by atoms with Crippen LogP contribution >= 0.6 is 0 Å². The van der Waals surface area contributed by atoms with Gasteiger partial charge in [0.1, 0.15) is 5.60 Å². The smallest absolute Gasteiger partial charge is 0.410 e. The molecule has 5 heteroatoms. The third-order valence-corrected chi connectivity index (χ3v) is 2.74. The second-order valence-electron chi connectivity index (χ2n) is 5.51. The quantitative estimate of drug-likeness (QED) is 0.668. The van der Waals surface area contributed by atoms with Crippen LogP contribution in [0.25, 0.3) is 0 Å². The fourth-order valence-electron chi connectivity index (χ4n) is 1.88. The Kier molecular flexibility index (Phi) is 4.38. The van der Waals surface area contributed by atoms with Crippen molar-refractivity contribution in [2.24, 2.45) is 0 Å². The largest absolute Gasteiger partial charge is 0.444 e. The minimum Gasteiger partial charge on any atom is -0.444 e. The van der Waals surface area contributed by atoms with Crippen molar-refractivity contribution < 1.29 is 14.3 Å². The lowest BCUT2D eigenvalue weighted by molar-refractivity contribution is -0.128. The van der Waals surface area contributed by atoms with Gasteiger partial charge in [-0.25, -0.2) is 4.79 Å². The molecule has 1 saturated heterocycles. The maximum atomic E-state index is 12.0. The monoisotopic (exact) mass is 254 g/mol. The van der Waals surface area contributed by atoms with Crippen molar-refractivity contribution in [2.75, 3.05) is 19.6 Å². The van der Waals surface area contributed by atoms with E-state index in [0.717, 1.165) is 0 Å². The minimum absolute atomic E-state index is 0.0440. The maximum absolute atomic E-state index is 12.0. The molecule has 0 spiro atoms. The number of hydrogen-bond acceptors (Lipinski definition) is 3. The van der Waals surface area contributed by atoms with Gasteiger partial charge < -0.3 is 14.5 Å². The van der Waals surface area contributed by atoms with Crippen molar-refractivity contribution in [1.82, 2.24) is 9.80 Å². The number of carbonyl (C=O) groups is 2. The highest BCUT2D eigenvalue weighted by molar-refractivity contribution is 5.87. The first-order chi connectivity index (χ1) is 8.24. The number of hydrogen-bond donors (Lipinski definition) is 0. The first kappa shape index (κ1) is 14.5. The summed E-state index contributed by atoms with van der Waals surface area (Å²) in [5, 5.41) is 0. The van der Waals surface area contributed by atoms with Gasteiger partial charge in [0, 0.05) is 25.7 Å². The first-order valence-corrected chi connectivity index (χ1v) is 6.15. The van der Waals surface area contributed by atoms with Gasteiger partial charge in [-0.2, -0.15) is 0 Å². The van der Waals surface area contributed by atoms with Crippen LogP contribution in [-0.2, 0) is 9.53 Å². The van der Waals surface area contributed by atoms with Crippen LogP contribution in [0.15, 0.2) is 12.7 Å². The van der Waals surface area contributed by atoms with Crippen LogP contribution < -0.4 is 0 Å². The number of piperazine rings is 1. The normalized spacial score (nSPS) is 20.6. The molecular formula is C13H22N2O3. The molecule has 18 heavy (non-hydrogen) atoms. The lowest BCUT2D eigenvalue weighted by Gasteiger charge is -2.39. The third-order valence-electron chi connectivity index (χ3n) is 2.74. The van der Waals surface area contributed by atoms with Crippen LogP contribution in [0.5, 0.6) is 0 Å². The fourth-order valence-corrected chi connectivity index (χ4v) is 1.88. The van der Waals surface area contributed by atoms with E-state index in [1.807, 2.05) is 27.7 Å². The Balaban J connectivity index is 2.60. The molecule has 1 heterocycles. The molecule has 0 aliphatic carbocycles. The Bertz CT molecular complexity index is 347. The van der Waals surface area contributed by atoms with Gasteiger partial charge in [-0.05, 0) is 33.8 Å². The lowest BCUT2D eigenvalue weighted by Crippen LogP contribution is -2.56. The van der Waals surface area contributed by atoms with E-state index in [0.29, 0.717) is 19.6 Å². The number of ether oxygens (including phenoxy) is 1. The van der Waals surface area contributed by atoms with Crippen LogP contribution in [0.2, 0.25) is 0 Å². The zero-order valence-electron chi connectivity index (χ0n) is 11.6.